The number of carbonyl (C=O) groups excluding carboxylic acids is 1. The second-order valence-electron chi connectivity index (χ2n) is 8.54. The molecular weight excluding hydrogens is 340 g/mol. The van der Waals surface area contributed by atoms with Crippen LogP contribution >= 0.6 is 0 Å². The zero-order valence-electron chi connectivity index (χ0n) is 15.8. The Balaban J connectivity index is 1.26. The normalized spacial score (nSPS) is 29.2. The molecule has 2 atom stereocenters. The van der Waals surface area contributed by atoms with Gasteiger partial charge in [-0.2, -0.15) is 0 Å². The highest BCUT2D eigenvalue weighted by Crippen LogP contribution is 2.38. The Labute approximate surface area is 159 Å². The number of likely N-dealkylation sites (tertiary alicyclic amines) is 2. The molecule has 3 aliphatic heterocycles. The number of nitrogens with zero attached hydrogens (tertiary/aromatic N) is 3. The number of imidazole rings is 1. The Kier molecular flexibility index (Phi) is 4.40. The first kappa shape index (κ1) is 17.2. The fourth-order valence-electron chi connectivity index (χ4n) is 5.19. The van der Waals surface area contributed by atoms with Gasteiger partial charge in [-0.25, -0.2) is 4.98 Å². The third-order valence-electron chi connectivity index (χ3n) is 6.49. The van der Waals surface area contributed by atoms with Crippen LogP contribution in [0.2, 0.25) is 0 Å². The first-order valence-corrected chi connectivity index (χ1v) is 10.3. The van der Waals surface area contributed by atoms with Gasteiger partial charge in [-0.3, -0.25) is 4.79 Å². The Hall–Kier alpha value is -1.92. The van der Waals surface area contributed by atoms with Crippen molar-refractivity contribution in [3.8, 4) is 0 Å². The zero-order valence-corrected chi connectivity index (χ0v) is 15.8. The molecule has 0 saturated carbocycles. The smallest absolute Gasteiger partial charge is 0.254 e. The van der Waals surface area contributed by atoms with Crippen molar-refractivity contribution in [3.05, 3.63) is 30.1 Å². The van der Waals surface area contributed by atoms with Crippen molar-refractivity contribution >= 4 is 16.9 Å². The zero-order chi connectivity index (χ0) is 18.3. The second-order valence-corrected chi connectivity index (χ2v) is 8.54. The number of fused-ring (bicyclic) bond motifs is 1. The Morgan fingerprint density at radius 1 is 1.26 bits per heavy atom. The van der Waals surface area contributed by atoms with Gasteiger partial charge in [-0.15, -0.1) is 0 Å². The predicted octanol–water partition coefficient (Wildman–Crippen LogP) is 2.67. The maximum Gasteiger partial charge on any atom is 0.254 e. The molecule has 0 aliphatic carbocycles. The van der Waals surface area contributed by atoms with Gasteiger partial charge in [0.1, 0.15) is 0 Å². The third-order valence-corrected chi connectivity index (χ3v) is 6.49. The van der Waals surface area contributed by atoms with Crippen molar-refractivity contribution in [1.82, 2.24) is 19.8 Å². The molecule has 0 bridgehead atoms. The lowest BCUT2D eigenvalue weighted by Crippen LogP contribution is -2.50. The maximum atomic E-state index is 13.1. The standard InChI is InChI=1S/C21H28N4O2/c26-20(17-4-5-18-19(10-17)23-15-22-18)25-9-3-6-21(14-25)11-16(13-27-21)12-24-7-1-2-8-24/h4-5,10,15-16H,1-3,6-9,11-14H2,(H,22,23). The molecule has 144 valence electrons. The van der Waals surface area contributed by atoms with Gasteiger partial charge in [-0.05, 0) is 69.3 Å². The molecular formula is C21H28N4O2. The van der Waals surface area contributed by atoms with E-state index in [2.05, 4.69) is 14.9 Å². The van der Waals surface area contributed by atoms with Crippen LogP contribution in [-0.4, -0.2) is 70.6 Å². The van der Waals surface area contributed by atoms with Crippen LogP contribution in [0.15, 0.2) is 24.5 Å². The highest BCUT2D eigenvalue weighted by atomic mass is 16.5. The van der Waals surface area contributed by atoms with Gasteiger partial charge >= 0.3 is 0 Å². The molecule has 1 aromatic carbocycles. The quantitative estimate of drug-likeness (QED) is 0.905. The number of H-pyrrole nitrogens is 1. The molecule has 1 spiro atoms. The molecule has 6 nitrogen and oxygen atoms in total. The molecule has 5 rings (SSSR count). The van der Waals surface area contributed by atoms with Gasteiger partial charge in [0.05, 0.1) is 29.6 Å². The Morgan fingerprint density at radius 3 is 3.04 bits per heavy atom. The number of ether oxygens (including phenoxy) is 1. The number of amides is 1. The number of aromatic nitrogens is 2. The Bertz CT molecular complexity index is 828. The average Bonchev–Trinajstić information content (AvgIpc) is 3.43. The molecule has 2 aromatic rings. The van der Waals surface area contributed by atoms with E-state index in [-0.39, 0.29) is 11.5 Å². The molecule has 6 heteroatoms. The minimum absolute atomic E-state index is 0.108. The van der Waals surface area contributed by atoms with E-state index in [0.29, 0.717) is 5.92 Å². The van der Waals surface area contributed by atoms with Crippen molar-refractivity contribution < 1.29 is 9.53 Å². The van der Waals surface area contributed by atoms with E-state index < -0.39 is 0 Å². The van der Waals surface area contributed by atoms with E-state index in [0.717, 1.165) is 62.1 Å². The summed E-state index contributed by atoms with van der Waals surface area (Å²) in [5.74, 6) is 0.719. The van der Waals surface area contributed by atoms with Crippen LogP contribution in [0, 0.1) is 5.92 Å². The summed E-state index contributed by atoms with van der Waals surface area (Å²) in [6, 6.07) is 5.72. The van der Waals surface area contributed by atoms with Crippen LogP contribution < -0.4 is 0 Å². The number of aromatic amines is 1. The topological polar surface area (TPSA) is 61.5 Å². The molecule has 1 N–H and O–H groups in total. The minimum atomic E-state index is -0.129. The van der Waals surface area contributed by atoms with Crippen LogP contribution in [-0.2, 0) is 4.74 Å². The molecule has 3 fully saturated rings. The molecule has 27 heavy (non-hydrogen) atoms. The first-order valence-electron chi connectivity index (χ1n) is 10.3. The lowest BCUT2D eigenvalue weighted by molar-refractivity contribution is -0.0450. The van der Waals surface area contributed by atoms with E-state index in [1.165, 1.54) is 25.9 Å². The SMILES string of the molecule is O=C(c1ccc2nc[nH]c2c1)N1CCCC2(CC(CN3CCCC3)CO2)C1. The van der Waals surface area contributed by atoms with Crippen molar-refractivity contribution in [2.24, 2.45) is 5.92 Å². The summed E-state index contributed by atoms with van der Waals surface area (Å²) >= 11 is 0. The fourth-order valence-corrected chi connectivity index (χ4v) is 5.19. The summed E-state index contributed by atoms with van der Waals surface area (Å²) in [5, 5.41) is 0. The van der Waals surface area contributed by atoms with E-state index in [1.54, 1.807) is 6.33 Å². The number of nitrogens with one attached hydrogen (secondary N) is 1. The predicted molar refractivity (Wildman–Crippen MR) is 104 cm³/mol. The maximum absolute atomic E-state index is 13.1. The van der Waals surface area contributed by atoms with Gasteiger partial charge < -0.3 is 19.5 Å². The van der Waals surface area contributed by atoms with Crippen molar-refractivity contribution in [1.29, 1.82) is 0 Å². The molecule has 4 heterocycles. The summed E-state index contributed by atoms with van der Waals surface area (Å²) in [6.07, 6.45) is 7.53. The van der Waals surface area contributed by atoms with E-state index in [9.17, 15) is 4.79 Å². The van der Waals surface area contributed by atoms with Gasteiger partial charge in [-0.1, -0.05) is 0 Å². The summed E-state index contributed by atoms with van der Waals surface area (Å²) < 4.78 is 6.34. The fraction of sp³-hybridized carbons (Fsp3) is 0.619. The lowest BCUT2D eigenvalue weighted by Gasteiger charge is -2.40. The van der Waals surface area contributed by atoms with E-state index >= 15 is 0 Å². The van der Waals surface area contributed by atoms with Gasteiger partial charge in [0.2, 0.25) is 0 Å². The molecule has 0 radical (unpaired) electrons. The third kappa shape index (κ3) is 3.36. The van der Waals surface area contributed by atoms with Crippen molar-refractivity contribution in [2.75, 3.05) is 39.3 Å². The van der Waals surface area contributed by atoms with Crippen LogP contribution in [0.1, 0.15) is 42.5 Å². The monoisotopic (exact) mass is 368 g/mol. The van der Waals surface area contributed by atoms with E-state index in [1.807, 2.05) is 23.1 Å². The van der Waals surface area contributed by atoms with E-state index in [4.69, 9.17) is 4.74 Å². The van der Waals surface area contributed by atoms with Crippen LogP contribution in [0.5, 0.6) is 0 Å². The summed E-state index contributed by atoms with van der Waals surface area (Å²) in [6.45, 7) is 6.03. The average molecular weight is 368 g/mol. The summed E-state index contributed by atoms with van der Waals surface area (Å²) in [4.78, 5) is 25.0. The number of hydrogen-bond acceptors (Lipinski definition) is 4. The minimum Gasteiger partial charge on any atom is -0.373 e. The van der Waals surface area contributed by atoms with Crippen LogP contribution in [0.3, 0.4) is 0 Å². The van der Waals surface area contributed by atoms with Gasteiger partial charge in [0.15, 0.2) is 0 Å². The first-order chi connectivity index (χ1) is 13.2. The molecule has 3 saturated heterocycles. The van der Waals surface area contributed by atoms with Crippen LogP contribution in [0.25, 0.3) is 11.0 Å². The Morgan fingerprint density at radius 2 is 2.15 bits per heavy atom. The second kappa shape index (κ2) is 6.91. The highest BCUT2D eigenvalue weighted by molar-refractivity contribution is 5.97. The van der Waals surface area contributed by atoms with Gasteiger partial charge in [0, 0.05) is 25.2 Å². The van der Waals surface area contributed by atoms with Gasteiger partial charge in [0.25, 0.3) is 5.91 Å². The summed E-state index contributed by atoms with van der Waals surface area (Å²) in [5.41, 5.74) is 2.41. The molecule has 1 amide bonds. The number of benzene rings is 1. The number of hydrogen-bond donors (Lipinski definition) is 1. The molecule has 2 unspecified atom stereocenters. The lowest BCUT2D eigenvalue weighted by atomic mass is 9.86. The number of carbonyl (C=O) groups is 1. The molecule has 3 aliphatic rings. The summed E-state index contributed by atoms with van der Waals surface area (Å²) in [7, 11) is 0. The molecule has 1 aromatic heterocycles. The number of rotatable bonds is 3. The van der Waals surface area contributed by atoms with Crippen molar-refractivity contribution in [3.63, 3.8) is 0 Å². The highest BCUT2D eigenvalue weighted by Gasteiger charge is 2.44. The van der Waals surface area contributed by atoms with Crippen molar-refractivity contribution in [2.45, 2.75) is 37.7 Å². The van der Waals surface area contributed by atoms with Crippen LogP contribution in [0.4, 0.5) is 0 Å². The number of piperidine rings is 1. The largest absolute Gasteiger partial charge is 0.373 e.